The minimum Gasteiger partial charge on any atom is -0.280 e. The quantitative estimate of drug-likeness (QED) is 0.372. The van der Waals surface area contributed by atoms with Crippen molar-refractivity contribution in [1.82, 2.24) is 5.01 Å². The summed E-state index contributed by atoms with van der Waals surface area (Å²) in [6.45, 7) is 2.82. The second-order valence-electron chi connectivity index (χ2n) is 2.69. The number of hydrogen-bond donors (Lipinski definition) is 1. The Balaban J connectivity index is 2.44. The second kappa shape index (κ2) is 2.35. The molecule has 0 unspecified atom stereocenters. The molecule has 1 atom stereocenters. The molecule has 0 saturated carbocycles. The highest BCUT2D eigenvalue weighted by Crippen LogP contribution is 2.13. The maximum atomic E-state index is 10.7. The predicted octanol–water partition coefficient (Wildman–Crippen LogP) is 0.119. The molecule has 0 aliphatic carbocycles. The van der Waals surface area contributed by atoms with Crippen LogP contribution < -0.4 is 5.84 Å². The first-order valence-corrected chi connectivity index (χ1v) is 3.25. The first-order valence-electron chi connectivity index (χ1n) is 3.25. The molecule has 1 aliphatic rings. The number of carbonyl (C=O) groups is 1. The van der Waals surface area contributed by atoms with Crippen LogP contribution in [-0.2, 0) is 4.79 Å². The van der Waals surface area contributed by atoms with E-state index in [4.69, 9.17) is 5.84 Å². The molecule has 1 saturated heterocycles. The molecule has 3 heteroatoms. The van der Waals surface area contributed by atoms with Crippen LogP contribution in [0.5, 0.6) is 0 Å². The number of piperidine rings is 1. The first kappa shape index (κ1) is 6.55. The summed E-state index contributed by atoms with van der Waals surface area (Å²) in [4.78, 5) is 10.7. The van der Waals surface area contributed by atoms with Gasteiger partial charge in [0.2, 0.25) is 5.91 Å². The van der Waals surface area contributed by atoms with Gasteiger partial charge in [-0.25, -0.2) is 5.84 Å². The number of carbonyl (C=O) groups excluding carboxylic acids is 1. The molecule has 1 amide bonds. The normalized spacial score (nSPS) is 28.9. The third kappa shape index (κ3) is 1.42. The molecule has 9 heavy (non-hydrogen) atoms. The van der Waals surface area contributed by atoms with E-state index in [2.05, 4.69) is 6.92 Å². The smallest absolute Gasteiger partial charge is 0.236 e. The van der Waals surface area contributed by atoms with E-state index in [1.54, 1.807) is 0 Å². The van der Waals surface area contributed by atoms with Crippen LogP contribution in [0.1, 0.15) is 19.8 Å². The average Bonchev–Trinajstić information content (AvgIpc) is 1.80. The van der Waals surface area contributed by atoms with E-state index in [0.29, 0.717) is 12.3 Å². The van der Waals surface area contributed by atoms with Gasteiger partial charge in [-0.15, -0.1) is 0 Å². The van der Waals surface area contributed by atoms with Crippen molar-refractivity contribution in [2.75, 3.05) is 6.54 Å². The van der Waals surface area contributed by atoms with Crippen molar-refractivity contribution < 1.29 is 4.79 Å². The van der Waals surface area contributed by atoms with Gasteiger partial charge in [0, 0.05) is 13.0 Å². The predicted molar refractivity (Wildman–Crippen MR) is 34.3 cm³/mol. The van der Waals surface area contributed by atoms with Gasteiger partial charge in [0.15, 0.2) is 0 Å². The van der Waals surface area contributed by atoms with E-state index < -0.39 is 0 Å². The van der Waals surface area contributed by atoms with E-state index in [0.717, 1.165) is 13.0 Å². The third-order valence-electron chi connectivity index (χ3n) is 1.68. The number of rotatable bonds is 0. The summed E-state index contributed by atoms with van der Waals surface area (Å²) in [6, 6.07) is 0. The molecule has 1 rings (SSSR count). The summed E-state index contributed by atoms with van der Waals surface area (Å²) >= 11 is 0. The standard InChI is InChI=1S/C6H12N2O/c1-5-2-3-6(9)8(7)4-5/h5H,2-4,7H2,1H3/t5-/m1/s1. The first-order chi connectivity index (χ1) is 4.20. The van der Waals surface area contributed by atoms with Crippen molar-refractivity contribution in [1.29, 1.82) is 0 Å². The Morgan fingerprint density at radius 1 is 1.78 bits per heavy atom. The van der Waals surface area contributed by atoms with Crippen LogP contribution in [0.4, 0.5) is 0 Å². The van der Waals surface area contributed by atoms with Crippen molar-refractivity contribution in [3.63, 3.8) is 0 Å². The molecule has 0 aromatic carbocycles. The minimum atomic E-state index is 0.0769. The van der Waals surface area contributed by atoms with Crippen LogP contribution in [0.3, 0.4) is 0 Å². The molecule has 1 aliphatic heterocycles. The van der Waals surface area contributed by atoms with Crippen molar-refractivity contribution in [2.24, 2.45) is 11.8 Å². The second-order valence-corrected chi connectivity index (χ2v) is 2.69. The zero-order valence-electron chi connectivity index (χ0n) is 5.63. The molecule has 1 fully saturated rings. The lowest BCUT2D eigenvalue weighted by Gasteiger charge is -2.26. The van der Waals surface area contributed by atoms with Gasteiger partial charge in [0.1, 0.15) is 0 Å². The Kier molecular flexibility index (Phi) is 1.71. The zero-order valence-corrected chi connectivity index (χ0v) is 5.63. The van der Waals surface area contributed by atoms with Gasteiger partial charge in [-0.2, -0.15) is 0 Å². The van der Waals surface area contributed by atoms with Crippen molar-refractivity contribution in [2.45, 2.75) is 19.8 Å². The van der Waals surface area contributed by atoms with Crippen molar-refractivity contribution >= 4 is 5.91 Å². The maximum absolute atomic E-state index is 10.7. The minimum absolute atomic E-state index is 0.0769. The number of nitrogens with zero attached hydrogens (tertiary/aromatic N) is 1. The van der Waals surface area contributed by atoms with Gasteiger partial charge >= 0.3 is 0 Å². The summed E-state index contributed by atoms with van der Waals surface area (Å²) in [5.74, 6) is 6.01. The molecule has 1 heterocycles. The van der Waals surface area contributed by atoms with Crippen LogP contribution in [0.2, 0.25) is 0 Å². The fourth-order valence-corrected chi connectivity index (χ4v) is 1.04. The van der Waals surface area contributed by atoms with Gasteiger partial charge in [-0.3, -0.25) is 9.80 Å². The molecule has 0 spiro atoms. The molecule has 0 radical (unpaired) electrons. The fraction of sp³-hybridized carbons (Fsp3) is 0.833. The fourth-order valence-electron chi connectivity index (χ4n) is 1.04. The highest BCUT2D eigenvalue weighted by atomic mass is 16.2. The largest absolute Gasteiger partial charge is 0.280 e. The Morgan fingerprint density at radius 2 is 2.44 bits per heavy atom. The van der Waals surface area contributed by atoms with Gasteiger partial charge in [-0.1, -0.05) is 6.92 Å². The third-order valence-corrected chi connectivity index (χ3v) is 1.68. The van der Waals surface area contributed by atoms with Gasteiger partial charge in [-0.05, 0) is 12.3 Å². The van der Waals surface area contributed by atoms with Crippen LogP contribution >= 0.6 is 0 Å². The van der Waals surface area contributed by atoms with Crippen molar-refractivity contribution in [3.8, 4) is 0 Å². The van der Waals surface area contributed by atoms with Crippen LogP contribution in [0.25, 0.3) is 0 Å². The van der Waals surface area contributed by atoms with Crippen LogP contribution in [0, 0.1) is 5.92 Å². The Hall–Kier alpha value is -0.570. The van der Waals surface area contributed by atoms with Crippen LogP contribution in [-0.4, -0.2) is 17.5 Å². The topological polar surface area (TPSA) is 46.3 Å². The van der Waals surface area contributed by atoms with E-state index in [9.17, 15) is 4.79 Å². The molecule has 2 N–H and O–H groups in total. The molecular formula is C6H12N2O. The van der Waals surface area contributed by atoms with Gasteiger partial charge < -0.3 is 0 Å². The Morgan fingerprint density at radius 3 is 2.89 bits per heavy atom. The van der Waals surface area contributed by atoms with Gasteiger partial charge in [0.25, 0.3) is 0 Å². The number of amides is 1. The summed E-state index contributed by atoms with van der Waals surface area (Å²) in [7, 11) is 0. The summed E-state index contributed by atoms with van der Waals surface area (Å²) in [5, 5.41) is 1.31. The van der Waals surface area contributed by atoms with E-state index in [-0.39, 0.29) is 5.91 Å². The Labute approximate surface area is 54.8 Å². The molecule has 0 aromatic rings. The molecule has 0 bridgehead atoms. The lowest BCUT2D eigenvalue weighted by Crippen LogP contribution is -2.43. The molecule has 3 nitrogen and oxygen atoms in total. The maximum Gasteiger partial charge on any atom is 0.236 e. The lowest BCUT2D eigenvalue weighted by molar-refractivity contribution is -0.134. The summed E-state index contributed by atoms with van der Waals surface area (Å²) in [5.41, 5.74) is 0. The lowest BCUT2D eigenvalue weighted by atomic mass is 10.0. The zero-order chi connectivity index (χ0) is 6.85. The number of hydrogen-bond acceptors (Lipinski definition) is 2. The summed E-state index contributed by atoms with van der Waals surface area (Å²) in [6.07, 6.45) is 1.62. The number of nitrogens with two attached hydrogens (primary N) is 1. The van der Waals surface area contributed by atoms with Gasteiger partial charge in [0.05, 0.1) is 0 Å². The Bertz CT molecular complexity index is 124. The number of hydrazine groups is 1. The highest BCUT2D eigenvalue weighted by Gasteiger charge is 2.19. The highest BCUT2D eigenvalue weighted by molar-refractivity contribution is 5.76. The molecule has 0 aromatic heterocycles. The summed E-state index contributed by atoms with van der Waals surface area (Å²) < 4.78 is 0. The SMILES string of the molecule is C[C@@H]1CCC(=O)N(N)C1. The molecule has 52 valence electrons. The monoisotopic (exact) mass is 128 g/mol. The molecular weight excluding hydrogens is 116 g/mol. The van der Waals surface area contributed by atoms with E-state index >= 15 is 0 Å². The average molecular weight is 128 g/mol. The van der Waals surface area contributed by atoms with E-state index in [1.807, 2.05) is 0 Å². The van der Waals surface area contributed by atoms with Crippen molar-refractivity contribution in [3.05, 3.63) is 0 Å². The van der Waals surface area contributed by atoms with E-state index in [1.165, 1.54) is 5.01 Å². The van der Waals surface area contributed by atoms with Crippen LogP contribution in [0.15, 0.2) is 0 Å².